The van der Waals surface area contributed by atoms with Crippen LogP contribution in [-0.2, 0) is 0 Å². The number of hydrogen-bond acceptors (Lipinski definition) is 5. The largest absolute Gasteiger partial charge is 0.496 e. The van der Waals surface area contributed by atoms with Gasteiger partial charge in [0.1, 0.15) is 5.75 Å². The average Bonchev–Trinajstić information content (AvgIpc) is 2.59. The van der Waals surface area contributed by atoms with Crippen LogP contribution in [0.4, 0.5) is 0 Å². The summed E-state index contributed by atoms with van der Waals surface area (Å²) < 4.78 is 21.5. The van der Waals surface area contributed by atoms with Gasteiger partial charge < -0.3 is 18.9 Å². The Morgan fingerprint density at radius 1 is 0.783 bits per heavy atom. The second-order valence-electron chi connectivity index (χ2n) is 4.89. The van der Waals surface area contributed by atoms with Crippen LogP contribution in [0, 0.1) is 0 Å². The molecule has 2 aromatic rings. The van der Waals surface area contributed by atoms with Crippen molar-refractivity contribution < 1.29 is 23.7 Å². The third kappa shape index (κ3) is 3.23. The van der Waals surface area contributed by atoms with E-state index in [4.69, 9.17) is 18.9 Å². The van der Waals surface area contributed by atoms with E-state index in [0.29, 0.717) is 28.6 Å². The van der Waals surface area contributed by atoms with Crippen LogP contribution in [0.5, 0.6) is 23.0 Å². The van der Waals surface area contributed by atoms with Crippen molar-refractivity contribution in [3.8, 4) is 34.1 Å². The Bertz CT molecular complexity index is 696. The summed E-state index contributed by atoms with van der Waals surface area (Å²) in [6.07, 6.45) is 0. The van der Waals surface area contributed by atoms with E-state index < -0.39 is 0 Å². The van der Waals surface area contributed by atoms with Gasteiger partial charge in [-0.15, -0.1) is 0 Å². The van der Waals surface area contributed by atoms with Crippen molar-refractivity contribution in [2.45, 2.75) is 6.92 Å². The van der Waals surface area contributed by atoms with Crippen molar-refractivity contribution in [2.75, 3.05) is 28.4 Å². The van der Waals surface area contributed by atoms with E-state index in [2.05, 4.69) is 0 Å². The molecule has 0 heterocycles. The summed E-state index contributed by atoms with van der Waals surface area (Å²) in [4.78, 5) is 11.7. The van der Waals surface area contributed by atoms with Crippen LogP contribution in [0.2, 0.25) is 0 Å². The number of methoxy groups -OCH3 is 4. The molecule has 0 N–H and O–H groups in total. The number of rotatable bonds is 6. The summed E-state index contributed by atoms with van der Waals surface area (Å²) in [6, 6.07) is 8.95. The van der Waals surface area contributed by atoms with Crippen LogP contribution < -0.4 is 18.9 Å². The standard InChI is InChI=1S/C18H20O5/c1-11(19)12-6-7-15(20-2)14(8-12)13-9-16(21-3)18(23-5)17(10-13)22-4/h6-10H,1-5H3. The van der Waals surface area contributed by atoms with E-state index in [1.54, 1.807) is 46.6 Å². The maximum Gasteiger partial charge on any atom is 0.203 e. The third-order valence-electron chi connectivity index (χ3n) is 3.58. The predicted molar refractivity (Wildman–Crippen MR) is 88.1 cm³/mol. The van der Waals surface area contributed by atoms with Crippen LogP contribution in [0.3, 0.4) is 0 Å². The fraction of sp³-hybridized carbons (Fsp3) is 0.278. The number of ether oxygens (including phenoxy) is 4. The minimum absolute atomic E-state index is 0.0126. The molecule has 0 saturated heterocycles. The molecule has 2 rings (SSSR count). The monoisotopic (exact) mass is 316 g/mol. The average molecular weight is 316 g/mol. The Kier molecular flexibility index (Phi) is 5.11. The van der Waals surface area contributed by atoms with E-state index >= 15 is 0 Å². The summed E-state index contributed by atoms with van der Waals surface area (Å²) in [6.45, 7) is 1.53. The highest BCUT2D eigenvalue weighted by atomic mass is 16.5. The molecule has 122 valence electrons. The van der Waals surface area contributed by atoms with Crippen molar-refractivity contribution in [2.24, 2.45) is 0 Å². The fourth-order valence-corrected chi connectivity index (χ4v) is 2.39. The molecule has 0 aliphatic heterocycles. The van der Waals surface area contributed by atoms with E-state index in [1.807, 2.05) is 12.1 Å². The Balaban J connectivity index is 2.70. The Morgan fingerprint density at radius 3 is 1.78 bits per heavy atom. The highest BCUT2D eigenvalue weighted by Crippen LogP contribution is 2.43. The number of hydrogen-bond donors (Lipinski definition) is 0. The van der Waals surface area contributed by atoms with Crippen molar-refractivity contribution in [1.29, 1.82) is 0 Å². The first-order valence-electron chi connectivity index (χ1n) is 7.05. The van der Waals surface area contributed by atoms with Crippen LogP contribution in [0.1, 0.15) is 17.3 Å². The Morgan fingerprint density at radius 2 is 1.35 bits per heavy atom. The Hall–Kier alpha value is -2.69. The lowest BCUT2D eigenvalue weighted by Gasteiger charge is -2.16. The van der Waals surface area contributed by atoms with E-state index in [0.717, 1.165) is 11.1 Å². The van der Waals surface area contributed by atoms with Gasteiger partial charge in [-0.25, -0.2) is 0 Å². The lowest BCUT2D eigenvalue weighted by Crippen LogP contribution is -1.98. The van der Waals surface area contributed by atoms with Gasteiger partial charge in [-0.1, -0.05) is 0 Å². The Labute approximate surface area is 135 Å². The van der Waals surface area contributed by atoms with Crippen molar-refractivity contribution >= 4 is 5.78 Å². The minimum atomic E-state index is -0.0126. The molecule has 5 heteroatoms. The number of benzene rings is 2. The molecule has 0 amide bonds. The molecule has 0 atom stereocenters. The quantitative estimate of drug-likeness (QED) is 0.762. The number of carbonyl (C=O) groups excluding carboxylic acids is 1. The zero-order chi connectivity index (χ0) is 17.0. The van der Waals surface area contributed by atoms with Gasteiger partial charge in [0.15, 0.2) is 17.3 Å². The summed E-state index contributed by atoms with van der Waals surface area (Å²) in [5.41, 5.74) is 2.19. The van der Waals surface area contributed by atoms with Crippen LogP contribution >= 0.6 is 0 Å². The van der Waals surface area contributed by atoms with E-state index in [9.17, 15) is 4.79 Å². The molecule has 0 saturated carbocycles. The molecule has 0 spiro atoms. The predicted octanol–water partition coefficient (Wildman–Crippen LogP) is 3.59. The summed E-state index contributed by atoms with van der Waals surface area (Å²) >= 11 is 0. The molecule has 0 aromatic heterocycles. The second-order valence-corrected chi connectivity index (χ2v) is 4.89. The third-order valence-corrected chi connectivity index (χ3v) is 3.58. The highest BCUT2D eigenvalue weighted by molar-refractivity contribution is 5.96. The second kappa shape index (κ2) is 7.05. The molecular formula is C18H20O5. The zero-order valence-electron chi connectivity index (χ0n) is 13.9. The summed E-state index contributed by atoms with van der Waals surface area (Å²) in [5.74, 6) is 2.24. The molecule has 2 aromatic carbocycles. The topological polar surface area (TPSA) is 54.0 Å². The SMILES string of the molecule is COc1ccc(C(C)=O)cc1-c1cc(OC)c(OC)c(OC)c1. The van der Waals surface area contributed by atoms with Crippen molar-refractivity contribution in [1.82, 2.24) is 0 Å². The van der Waals surface area contributed by atoms with Gasteiger partial charge in [-0.05, 0) is 42.8 Å². The smallest absolute Gasteiger partial charge is 0.203 e. The van der Waals surface area contributed by atoms with Gasteiger partial charge >= 0.3 is 0 Å². The molecule has 0 bridgehead atoms. The summed E-state index contributed by atoms with van der Waals surface area (Å²) in [7, 11) is 6.26. The number of Topliss-reactive ketones (excluding diaryl/α,β-unsaturated/α-hetero) is 1. The molecular weight excluding hydrogens is 296 g/mol. The molecule has 0 fully saturated rings. The molecule has 0 aliphatic rings. The number of ketones is 1. The van der Waals surface area contributed by atoms with E-state index in [1.165, 1.54) is 6.92 Å². The van der Waals surface area contributed by atoms with Crippen molar-refractivity contribution in [3.05, 3.63) is 35.9 Å². The molecule has 23 heavy (non-hydrogen) atoms. The van der Waals surface area contributed by atoms with Gasteiger partial charge in [-0.3, -0.25) is 4.79 Å². The maximum absolute atomic E-state index is 11.7. The van der Waals surface area contributed by atoms with Crippen LogP contribution in [-0.4, -0.2) is 34.2 Å². The van der Waals surface area contributed by atoms with Crippen LogP contribution in [0.25, 0.3) is 11.1 Å². The number of carbonyl (C=O) groups is 1. The molecule has 5 nitrogen and oxygen atoms in total. The maximum atomic E-state index is 11.7. The summed E-state index contributed by atoms with van der Waals surface area (Å²) in [5, 5.41) is 0. The molecule has 0 aliphatic carbocycles. The van der Waals surface area contributed by atoms with Gasteiger partial charge in [0.2, 0.25) is 5.75 Å². The first-order chi connectivity index (χ1) is 11.0. The van der Waals surface area contributed by atoms with Gasteiger partial charge in [0.05, 0.1) is 28.4 Å². The molecule has 0 unspecified atom stereocenters. The van der Waals surface area contributed by atoms with Gasteiger partial charge in [-0.2, -0.15) is 0 Å². The molecule has 0 radical (unpaired) electrons. The minimum Gasteiger partial charge on any atom is -0.496 e. The highest BCUT2D eigenvalue weighted by Gasteiger charge is 2.17. The fourth-order valence-electron chi connectivity index (χ4n) is 2.39. The van der Waals surface area contributed by atoms with E-state index in [-0.39, 0.29) is 5.78 Å². The first-order valence-corrected chi connectivity index (χ1v) is 7.05. The lowest BCUT2D eigenvalue weighted by atomic mass is 9.99. The normalized spacial score (nSPS) is 10.1. The van der Waals surface area contributed by atoms with Crippen LogP contribution in [0.15, 0.2) is 30.3 Å². The zero-order valence-corrected chi connectivity index (χ0v) is 13.9. The van der Waals surface area contributed by atoms with Gasteiger partial charge in [0.25, 0.3) is 0 Å². The van der Waals surface area contributed by atoms with Crippen molar-refractivity contribution in [3.63, 3.8) is 0 Å². The lowest BCUT2D eigenvalue weighted by molar-refractivity contribution is 0.101. The van der Waals surface area contributed by atoms with Gasteiger partial charge in [0, 0.05) is 11.1 Å². The first kappa shape index (κ1) is 16.7.